The van der Waals surface area contributed by atoms with Crippen molar-refractivity contribution >= 4 is 0 Å². The molecule has 2 heterocycles. The van der Waals surface area contributed by atoms with Crippen LogP contribution in [0, 0.1) is 5.92 Å². The van der Waals surface area contributed by atoms with Gasteiger partial charge >= 0.3 is 0 Å². The summed E-state index contributed by atoms with van der Waals surface area (Å²) in [6, 6.07) is 0.249. The maximum atomic E-state index is 5.31. The van der Waals surface area contributed by atoms with Crippen LogP contribution in [0.4, 0.5) is 0 Å². The van der Waals surface area contributed by atoms with Gasteiger partial charge in [-0.15, -0.1) is 0 Å². The van der Waals surface area contributed by atoms with E-state index in [0.717, 1.165) is 18.3 Å². The molecule has 0 amide bonds. The maximum Gasteiger partial charge on any atom is 0.244 e. The number of nitrogens with one attached hydrogen (secondary N) is 1. The first-order valence-corrected chi connectivity index (χ1v) is 5.75. The fourth-order valence-electron chi connectivity index (χ4n) is 1.99. The highest BCUT2D eigenvalue weighted by Crippen LogP contribution is 2.28. The summed E-state index contributed by atoms with van der Waals surface area (Å²) in [6.45, 7) is 7.43. The molecule has 0 spiro atoms. The zero-order valence-electron chi connectivity index (χ0n) is 9.66. The number of rotatable bonds is 2. The van der Waals surface area contributed by atoms with Gasteiger partial charge in [0.2, 0.25) is 5.89 Å². The summed E-state index contributed by atoms with van der Waals surface area (Å²) >= 11 is 0. The van der Waals surface area contributed by atoms with E-state index >= 15 is 0 Å². The van der Waals surface area contributed by atoms with E-state index in [1.54, 1.807) is 0 Å². The van der Waals surface area contributed by atoms with Crippen molar-refractivity contribution in [2.75, 3.05) is 6.54 Å². The Balaban J connectivity index is 2.13. The third kappa shape index (κ3) is 2.20. The molecular formula is C11H19N3O. The summed E-state index contributed by atoms with van der Waals surface area (Å²) in [7, 11) is 0. The zero-order chi connectivity index (χ0) is 10.8. The second-order valence-corrected chi connectivity index (χ2v) is 4.70. The lowest BCUT2D eigenvalue weighted by atomic mass is 9.93. The third-order valence-corrected chi connectivity index (χ3v) is 3.01. The van der Waals surface area contributed by atoms with Crippen LogP contribution >= 0.6 is 0 Å². The van der Waals surface area contributed by atoms with Gasteiger partial charge in [-0.1, -0.05) is 25.9 Å². The number of hydrogen-bond acceptors (Lipinski definition) is 4. The normalized spacial score (nSPS) is 27.2. The van der Waals surface area contributed by atoms with Crippen LogP contribution in [0.2, 0.25) is 0 Å². The van der Waals surface area contributed by atoms with Gasteiger partial charge in [-0.2, -0.15) is 4.98 Å². The van der Waals surface area contributed by atoms with Gasteiger partial charge < -0.3 is 9.84 Å². The molecule has 1 aromatic rings. The van der Waals surface area contributed by atoms with Gasteiger partial charge in [-0.05, 0) is 25.3 Å². The van der Waals surface area contributed by atoms with E-state index in [-0.39, 0.29) is 6.04 Å². The monoisotopic (exact) mass is 209 g/mol. The van der Waals surface area contributed by atoms with Crippen LogP contribution < -0.4 is 5.32 Å². The van der Waals surface area contributed by atoms with Gasteiger partial charge in [0.25, 0.3) is 0 Å². The molecular weight excluding hydrogens is 190 g/mol. The first-order chi connectivity index (χ1) is 7.18. The number of piperidine rings is 1. The van der Waals surface area contributed by atoms with E-state index in [1.165, 1.54) is 12.8 Å². The maximum absolute atomic E-state index is 5.31. The first kappa shape index (κ1) is 10.6. The molecule has 2 unspecified atom stereocenters. The molecule has 0 radical (unpaired) electrons. The highest BCUT2D eigenvalue weighted by Gasteiger charge is 2.27. The van der Waals surface area contributed by atoms with E-state index in [0.29, 0.717) is 11.8 Å². The molecule has 4 heteroatoms. The minimum Gasteiger partial charge on any atom is -0.338 e. The van der Waals surface area contributed by atoms with Crippen molar-refractivity contribution in [3.05, 3.63) is 11.7 Å². The molecule has 1 aliphatic heterocycles. The fraction of sp³-hybridized carbons (Fsp3) is 0.818. The second kappa shape index (κ2) is 4.31. The minimum atomic E-state index is 0.249. The predicted molar refractivity (Wildman–Crippen MR) is 57.5 cm³/mol. The quantitative estimate of drug-likeness (QED) is 0.811. The van der Waals surface area contributed by atoms with Crippen molar-refractivity contribution in [2.45, 2.75) is 45.6 Å². The van der Waals surface area contributed by atoms with Crippen molar-refractivity contribution in [3.63, 3.8) is 0 Å². The lowest BCUT2D eigenvalue weighted by Gasteiger charge is -2.26. The molecule has 0 aliphatic carbocycles. The van der Waals surface area contributed by atoms with E-state index in [1.807, 2.05) is 0 Å². The van der Waals surface area contributed by atoms with Gasteiger partial charge in [-0.25, -0.2) is 0 Å². The Kier molecular flexibility index (Phi) is 3.05. The van der Waals surface area contributed by atoms with Crippen LogP contribution in [0.5, 0.6) is 0 Å². The van der Waals surface area contributed by atoms with E-state index in [2.05, 4.69) is 36.2 Å². The van der Waals surface area contributed by atoms with E-state index in [9.17, 15) is 0 Å². The van der Waals surface area contributed by atoms with Crippen LogP contribution in [0.1, 0.15) is 57.3 Å². The Labute approximate surface area is 90.4 Å². The zero-order valence-corrected chi connectivity index (χ0v) is 9.66. The van der Waals surface area contributed by atoms with Crippen LogP contribution in [0.15, 0.2) is 4.52 Å². The van der Waals surface area contributed by atoms with Crippen LogP contribution in [-0.4, -0.2) is 16.7 Å². The topological polar surface area (TPSA) is 51.0 Å². The van der Waals surface area contributed by atoms with Crippen LogP contribution in [-0.2, 0) is 0 Å². The smallest absolute Gasteiger partial charge is 0.244 e. The lowest BCUT2D eigenvalue weighted by molar-refractivity contribution is 0.238. The van der Waals surface area contributed by atoms with Gasteiger partial charge in [0, 0.05) is 5.92 Å². The molecule has 15 heavy (non-hydrogen) atoms. The highest BCUT2D eigenvalue weighted by atomic mass is 16.5. The third-order valence-electron chi connectivity index (χ3n) is 3.01. The summed E-state index contributed by atoms with van der Waals surface area (Å²) in [5, 5.41) is 7.44. The molecule has 0 saturated carbocycles. The second-order valence-electron chi connectivity index (χ2n) is 4.70. The summed E-state index contributed by atoms with van der Waals surface area (Å²) in [4.78, 5) is 4.44. The van der Waals surface area contributed by atoms with Crippen molar-refractivity contribution in [3.8, 4) is 0 Å². The van der Waals surface area contributed by atoms with Gasteiger partial charge in [0.05, 0.1) is 6.04 Å². The Morgan fingerprint density at radius 2 is 2.27 bits per heavy atom. The summed E-state index contributed by atoms with van der Waals surface area (Å²) in [5.74, 6) is 2.48. The summed E-state index contributed by atoms with van der Waals surface area (Å²) in [5.41, 5.74) is 0. The van der Waals surface area contributed by atoms with Gasteiger partial charge in [0.15, 0.2) is 5.82 Å². The Hall–Kier alpha value is -0.900. The largest absolute Gasteiger partial charge is 0.338 e. The van der Waals surface area contributed by atoms with Crippen molar-refractivity contribution < 1.29 is 4.52 Å². The summed E-state index contributed by atoms with van der Waals surface area (Å²) in [6.07, 6.45) is 2.47. The van der Waals surface area contributed by atoms with Crippen molar-refractivity contribution in [1.29, 1.82) is 0 Å². The molecule has 0 bridgehead atoms. The highest BCUT2D eigenvalue weighted by molar-refractivity contribution is 4.98. The molecule has 1 saturated heterocycles. The standard InChI is InChI=1S/C11H19N3O/c1-7(2)10-13-11(15-14-10)9-8(3)5-4-6-12-9/h7-9,12H,4-6H2,1-3H3. The Bertz CT molecular complexity index is 321. The fourth-order valence-corrected chi connectivity index (χ4v) is 1.99. The molecule has 1 fully saturated rings. The average Bonchev–Trinajstić information content (AvgIpc) is 2.67. The van der Waals surface area contributed by atoms with Crippen LogP contribution in [0.3, 0.4) is 0 Å². The Morgan fingerprint density at radius 3 is 2.87 bits per heavy atom. The van der Waals surface area contributed by atoms with E-state index < -0.39 is 0 Å². The van der Waals surface area contributed by atoms with Gasteiger partial charge in [-0.3, -0.25) is 0 Å². The van der Waals surface area contributed by atoms with Gasteiger partial charge in [0.1, 0.15) is 0 Å². The molecule has 2 atom stereocenters. The van der Waals surface area contributed by atoms with E-state index in [4.69, 9.17) is 4.52 Å². The van der Waals surface area contributed by atoms with Crippen molar-refractivity contribution in [1.82, 2.24) is 15.5 Å². The molecule has 0 aromatic carbocycles. The number of nitrogens with zero attached hydrogens (tertiary/aromatic N) is 2. The average molecular weight is 209 g/mol. The number of hydrogen-bond donors (Lipinski definition) is 1. The minimum absolute atomic E-state index is 0.249. The van der Waals surface area contributed by atoms with Crippen LogP contribution in [0.25, 0.3) is 0 Å². The first-order valence-electron chi connectivity index (χ1n) is 5.75. The predicted octanol–water partition coefficient (Wildman–Crippen LogP) is 2.25. The Morgan fingerprint density at radius 1 is 1.47 bits per heavy atom. The lowest BCUT2D eigenvalue weighted by Crippen LogP contribution is -2.33. The molecule has 1 aromatic heterocycles. The molecule has 84 valence electrons. The molecule has 2 rings (SSSR count). The molecule has 4 nitrogen and oxygen atoms in total. The van der Waals surface area contributed by atoms with Crippen molar-refractivity contribution in [2.24, 2.45) is 5.92 Å². The SMILES string of the molecule is CC(C)c1noc(C2NCCCC2C)n1. The molecule has 1 N–H and O–H groups in total. The molecule has 1 aliphatic rings. The number of aromatic nitrogens is 2. The summed E-state index contributed by atoms with van der Waals surface area (Å²) < 4.78 is 5.31.